The molecule has 0 bridgehead atoms. The number of benzene rings is 2. The van der Waals surface area contributed by atoms with E-state index in [1.807, 2.05) is 6.07 Å². The maximum Gasteiger partial charge on any atom is 0.325 e. The Morgan fingerprint density at radius 1 is 1.06 bits per heavy atom. The lowest BCUT2D eigenvalue weighted by Gasteiger charge is -2.27. The average Bonchev–Trinajstić information content (AvgIpc) is 2.80. The van der Waals surface area contributed by atoms with Crippen molar-refractivity contribution in [2.45, 2.75) is 43.9 Å². The van der Waals surface area contributed by atoms with Gasteiger partial charge in [0.25, 0.3) is 0 Å². The van der Waals surface area contributed by atoms with E-state index in [9.17, 15) is 23.1 Å². The van der Waals surface area contributed by atoms with Gasteiger partial charge < -0.3 is 19.5 Å². The van der Waals surface area contributed by atoms with Crippen LogP contribution in [-0.2, 0) is 31.0 Å². The van der Waals surface area contributed by atoms with E-state index in [-0.39, 0.29) is 30.7 Å². The highest BCUT2D eigenvalue weighted by molar-refractivity contribution is 7.89. The Hall–Kier alpha value is -2.95. The normalized spacial score (nSPS) is 12.3. The van der Waals surface area contributed by atoms with Gasteiger partial charge >= 0.3 is 5.97 Å². The molecule has 0 aliphatic carbocycles. The Morgan fingerprint density at radius 2 is 1.70 bits per heavy atom. The fourth-order valence-corrected chi connectivity index (χ4v) is 4.27. The molecule has 0 spiro atoms. The quantitative estimate of drug-likeness (QED) is 0.445. The van der Waals surface area contributed by atoms with E-state index in [0.29, 0.717) is 5.75 Å². The number of carbonyl (C=O) groups is 2. The largest absolute Gasteiger partial charge is 0.497 e. The predicted octanol–water partition coefficient (Wildman–Crippen LogP) is 1.70. The summed E-state index contributed by atoms with van der Waals surface area (Å²) in [5, 5.41) is 9.26. The van der Waals surface area contributed by atoms with Crippen LogP contribution in [0, 0.1) is 0 Å². The van der Waals surface area contributed by atoms with Crippen molar-refractivity contribution in [1.82, 2.24) is 9.62 Å². The number of sulfonamides is 1. The minimum atomic E-state index is -4.14. The van der Waals surface area contributed by atoms with E-state index in [1.165, 1.54) is 36.3 Å². The molecule has 9 nitrogen and oxygen atoms in total. The van der Waals surface area contributed by atoms with Gasteiger partial charge in [-0.05, 0) is 43.7 Å². The van der Waals surface area contributed by atoms with Crippen molar-refractivity contribution in [3.05, 3.63) is 60.2 Å². The minimum Gasteiger partial charge on any atom is -0.497 e. The Morgan fingerprint density at radius 3 is 2.24 bits per heavy atom. The molecule has 0 radical (unpaired) electrons. The van der Waals surface area contributed by atoms with E-state index in [1.54, 1.807) is 38.1 Å². The molecule has 2 rings (SSSR count). The third-order valence-corrected chi connectivity index (χ3v) is 6.33. The zero-order valence-corrected chi connectivity index (χ0v) is 19.7. The first-order valence-corrected chi connectivity index (χ1v) is 11.9. The highest BCUT2D eigenvalue weighted by Gasteiger charge is 2.31. The standard InChI is InChI=1S/C23H30N2O7S/c1-17(2)25(13-14-26)22(27)15-21(23(28)32-16-18-7-5-4-6-8-18)24-33(29,30)20-11-9-19(31-3)10-12-20/h4-12,17,21,24,26H,13-16H2,1-3H3. The van der Waals surface area contributed by atoms with E-state index in [2.05, 4.69) is 4.72 Å². The van der Waals surface area contributed by atoms with Gasteiger partial charge in [0.05, 0.1) is 25.0 Å². The van der Waals surface area contributed by atoms with Gasteiger partial charge in [-0.15, -0.1) is 0 Å². The molecule has 0 aromatic heterocycles. The fraction of sp³-hybridized carbons (Fsp3) is 0.391. The van der Waals surface area contributed by atoms with Crippen LogP contribution in [0.3, 0.4) is 0 Å². The Labute approximate surface area is 194 Å². The average molecular weight is 479 g/mol. The number of ether oxygens (including phenoxy) is 2. The first-order valence-electron chi connectivity index (χ1n) is 10.4. The smallest absolute Gasteiger partial charge is 0.325 e. The summed E-state index contributed by atoms with van der Waals surface area (Å²) in [7, 11) is -2.69. The summed E-state index contributed by atoms with van der Waals surface area (Å²) >= 11 is 0. The molecule has 0 aliphatic rings. The second-order valence-electron chi connectivity index (χ2n) is 7.55. The number of aliphatic hydroxyl groups excluding tert-OH is 1. The highest BCUT2D eigenvalue weighted by Crippen LogP contribution is 2.17. The number of hydrogen-bond donors (Lipinski definition) is 2. The lowest BCUT2D eigenvalue weighted by Crippen LogP contribution is -2.47. The first-order chi connectivity index (χ1) is 15.7. The zero-order valence-electron chi connectivity index (χ0n) is 18.9. The molecule has 0 heterocycles. The van der Waals surface area contributed by atoms with Gasteiger partial charge in [-0.2, -0.15) is 4.72 Å². The predicted molar refractivity (Wildman–Crippen MR) is 122 cm³/mol. The molecule has 1 unspecified atom stereocenters. The van der Waals surface area contributed by atoms with Crippen molar-refractivity contribution >= 4 is 21.9 Å². The summed E-state index contributed by atoms with van der Waals surface area (Å²) in [5.41, 5.74) is 0.720. The first kappa shape index (κ1) is 26.3. The van der Waals surface area contributed by atoms with Crippen LogP contribution in [0.2, 0.25) is 0 Å². The molecule has 0 saturated heterocycles. The highest BCUT2D eigenvalue weighted by atomic mass is 32.2. The van der Waals surface area contributed by atoms with Crippen LogP contribution in [0.4, 0.5) is 0 Å². The van der Waals surface area contributed by atoms with Gasteiger partial charge in [-0.25, -0.2) is 8.42 Å². The number of nitrogens with zero attached hydrogens (tertiary/aromatic N) is 1. The number of nitrogens with one attached hydrogen (secondary N) is 1. The Balaban J connectivity index is 2.24. The van der Waals surface area contributed by atoms with Crippen molar-refractivity contribution in [3.63, 3.8) is 0 Å². The fourth-order valence-electron chi connectivity index (χ4n) is 3.08. The summed E-state index contributed by atoms with van der Waals surface area (Å²) in [4.78, 5) is 26.9. The Kier molecular flexibility index (Phi) is 9.83. The SMILES string of the molecule is COc1ccc(S(=O)(=O)NC(CC(=O)N(CCO)C(C)C)C(=O)OCc2ccccc2)cc1. The number of methoxy groups -OCH3 is 1. The van der Waals surface area contributed by atoms with Crippen LogP contribution in [0.15, 0.2) is 59.5 Å². The number of amides is 1. The molecule has 0 saturated carbocycles. The summed E-state index contributed by atoms with van der Waals surface area (Å²) in [6.45, 7) is 3.26. The lowest BCUT2D eigenvalue weighted by atomic mass is 10.1. The number of esters is 1. The molecule has 2 aromatic carbocycles. The van der Waals surface area contributed by atoms with Crippen LogP contribution < -0.4 is 9.46 Å². The maximum atomic E-state index is 12.9. The topological polar surface area (TPSA) is 122 Å². The van der Waals surface area contributed by atoms with Crippen LogP contribution in [0.25, 0.3) is 0 Å². The third-order valence-electron chi connectivity index (χ3n) is 4.84. The number of aliphatic hydroxyl groups is 1. The second kappa shape index (κ2) is 12.3. The van der Waals surface area contributed by atoms with E-state index < -0.39 is 34.4 Å². The summed E-state index contributed by atoms with van der Waals surface area (Å²) < 4.78 is 38.5. The molecule has 0 fully saturated rings. The van der Waals surface area contributed by atoms with Crippen LogP contribution in [0.5, 0.6) is 5.75 Å². The van der Waals surface area contributed by atoms with Crippen LogP contribution in [-0.4, -0.2) is 62.6 Å². The molecule has 33 heavy (non-hydrogen) atoms. The molecule has 1 atom stereocenters. The van der Waals surface area contributed by atoms with Crippen molar-refractivity contribution in [1.29, 1.82) is 0 Å². The van der Waals surface area contributed by atoms with Crippen molar-refractivity contribution in [2.75, 3.05) is 20.3 Å². The van der Waals surface area contributed by atoms with Crippen LogP contribution >= 0.6 is 0 Å². The van der Waals surface area contributed by atoms with Gasteiger partial charge in [-0.3, -0.25) is 9.59 Å². The van der Waals surface area contributed by atoms with Gasteiger partial charge in [-0.1, -0.05) is 30.3 Å². The Bertz CT molecular complexity index is 1010. The van der Waals surface area contributed by atoms with E-state index >= 15 is 0 Å². The molecular formula is C23H30N2O7S. The van der Waals surface area contributed by atoms with E-state index in [0.717, 1.165) is 5.56 Å². The zero-order chi connectivity index (χ0) is 24.4. The third kappa shape index (κ3) is 7.85. The van der Waals surface area contributed by atoms with Crippen molar-refractivity contribution in [2.24, 2.45) is 0 Å². The van der Waals surface area contributed by atoms with Crippen molar-refractivity contribution < 1.29 is 32.6 Å². The van der Waals surface area contributed by atoms with E-state index in [4.69, 9.17) is 9.47 Å². The van der Waals surface area contributed by atoms with Crippen molar-refractivity contribution in [3.8, 4) is 5.75 Å². The maximum absolute atomic E-state index is 12.9. The number of carbonyl (C=O) groups excluding carboxylic acids is 2. The molecule has 2 N–H and O–H groups in total. The molecule has 1 amide bonds. The lowest BCUT2D eigenvalue weighted by molar-refractivity contribution is -0.150. The van der Waals surface area contributed by atoms with Gasteiger partial charge in [0.2, 0.25) is 15.9 Å². The number of rotatable bonds is 12. The van der Waals surface area contributed by atoms with Gasteiger partial charge in [0.1, 0.15) is 18.4 Å². The molecule has 2 aromatic rings. The molecule has 10 heteroatoms. The van der Waals surface area contributed by atoms with Crippen LogP contribution in [0.1, 0.15) is 25.8 Å². The minimum absolute atomic E-state index is 0.0630. The van der Waals surface area contributed by atoms with Gasteiger partial charge in [0.15, 0.2) is 0 Å². The molecular weight excluding hydrogens is 448 g/mol. The molecule has 0 aliphatic heterocycles. The monoisotopic (exact) mass is 478 g/mol. The summed E-state index contributed by atoms with van der Waals surface area (Å²) in [6.07, 6.45) is -0.457. The second-order valence-corrected chi connectivity index (χ2v) is 9.27. The summed E-state index contributed by atoms with van der Waals surface area (Å²) in [6, 6.07) is 12.8. The summed E-state index contributed by atoms with van der Waals surface area (Å²) in [5.74, 6) is -0.894. The number of hydrogen-bond acceptors (Lipinski definition) is 7. The molecule has 180 valence electrons. The van der Waals surface area contributed by atoms with Gasteiger partial charge in [0, 0.05) is 12.6 Å².